The Bertz CT molecular complexity index is 468. The number of halogens is 1. The molecule has 0 saturated carbocycles. The van der Waals surface area contributed by atoms with Crippen molar-refractivity contribution < 1.29 is 4.42 Å². The molecule has 84 valence electrons. The Morgan fingerprint density at radius 3 is 2.75 bits per heavy atom. The van der Waals surface area contributed by atoms with E-state index in [2.05, 4.69) is 27.4 Å². The molecule has 4 heteroatoms. The van der Waals surface area contributed by atoms with Gasteiger partial charge in [-0.2, -0.15) is 0 Å². The zero-order valence-electron chi connectivity index (χ0n) is 8.91. The van der Waals surface area contributed by atoms with Crippen LogP contribution in [0, 0.1) is 6.92 Å². The Kier molecular flexibility index (Phi) is 3.43. The third-order valence-electron chi connectivity index (χ3n) is 2.51. The topological polar surface area (TPSA) is 51.2 Å². The Balaban J connectivity index is 2.37. The Morgan fingerprint density at radius 1 is 1.38 bits per heavy atom. The average Bonchev–Trinajstić information content (AvgIpc) is 2.78. The van der Waals surface area contributed by atoms with E-state index in [1.165, 1.54) is 5.56 Å². The molecule has 2 rings (SSSR count). The van der Waals surface area contributed by atoms with Gasteiger partial charge < -0.3 is 4.42 Å². The maximum Gasteiger partial charge on any atom is 0.126 e. The van der Waals surface area contributed by atoms with Gasteiger partial charge in [-0.25, -0.2) is 5.43 Å². The minimum atomic E-state index is -0.109. The summed E-state index contributed by atoms with van der Waals surface area (Å²) < 4.78 is 6.45. The number of nitrogens with one attached hydrogen (secondary N) is 1. The van der Waals surface area contributed by atoms with Crippen LogP contribution in [0.5, 0.6) is 0 Å². The quantitative estimate of drug-likeness (QED) is 0.672. The predicted molar refractivity (Wildman–Crippen MR) is 66.8 cm³/mol. The van der Waals surface area contributed by atoms with Crippen molar-refractivity contribution in [2.75, 3.05) is 0 Å². The first-order valence-corrected chi connectivity index (χ1v) is 5.77. The van der Waals surface area contributed by atoms with Gasteiger partial charge in [0.15, 0.2) is 0 Å². The maximum absolute atomic E-state index is 5.56. The van der Waals surface area contributed by atoms with Crippen LogP contribution in [-0.2, 0) is 0 Å². The number of hydrazine groups is 1. The predicted octanol–water partition coefficient (Wildman–Crippen LogP) is 2.90. The second-order valence-electron chi connectivity index (χ2n) is 3.62. The fraction of sp³-hybridized carbons (Fsp3) is 0.167. The molecule has 3 nitrogen and oxygen atoms in total. The fourth-order valence-corrected chi connectivity index (χ4v) is 1.89. The molecule has 3 N–H and O–H groups in total. The third-order valence-corrected chi connectivity index (χ3v) is 3.40. The van der Waals surface area contributed by atoms with Gasteiger partial charge in [-0.3, -0.25) is 5.84 Å². The molecule has 0 fully saturated rings. The summed E-state index contributed by atoms with van der Waals surface area (Å²) in [5.41, 5.74) is 5.01. The molecule has 0 amide bonds. The van der Waals surface area contributed by atoms with Crippen LogP contribution < -0.4 is 11.3 Å². The van der Waals surface area contributed by atoms with Gasteiger partial charge in [0.2, 0.25) is 0 Å². The van der Waals surface area contributed by atoms with Gasteiger partial charge in [0.25, 0.3) is 0 Å². The molecule has 0 bridgehead atoms. The summed E-state index contributed by atoms with van der Waals surface area (Å²) in [5.74, 6) is 6.37. The lowest BCUT2D eigenvalue weighted by molar-refractivity contribution is 0.452. The van der Waals surface area contributed by atoms with Crippen molar-refractivity contribution in [2.24, 2.45) is 5.84 Å². The fourth-order valence-electron chi connectivity index (χ4n) is 1.65. The van der Waals surface area contributed by atoms with Crippen molar-refractivity contribution in [3.05, 3.63) is 58.0 Å². The highest BCUT2D eigenvalue weighted by molar-refractivity contribution is 9.10. The lowest BCUT2D eigenvalue weighted by Crippen LogP contribution is -2.28. The molecule has 1 aromatic carbocycles. The van der Waals surface area contributed by atoms with Crippen LogP contribution in [-0.4, -0.2) is 0 Å². The first-order chi connectivity index (χ1) is 7.72. The van der Waals surface area contributed by atoms with Crippen LogP contribution in [0.3, 0.4) is 0 Å². The molecule has 0 aliphatic carbocycles. The summed E-state index contributed by atoms with van der Waals surface area (Å²) in [6.45, 7) is 2.04. The van der Waals surface area contributed by atoms with Gasteiger partial charge in [-0.1, -0.05) is 28.1 Å². The monoisotopic (exact) mass is 280 g/mol. The zero-order valence-corrected chi connectivity index (χ0v) is 10.5. The highest BCUT2D eigenvalue weighted by Crippen LogP contribution is 2.25. The van der Waals surface area contributed by atoms with Gasteiger partial charge in [0, 0.05) is 4.47 Å². The van der Waals surface area contributed by atoms with Crippen LogP contribution in [0.25, 0.3) is 0 Å². The third kappa shape index (κ3) is 2.19. The van der Waals surface area contributed by atoms with E-state index in [4.69, 9.17) is 10.3 Å². The number of furan rings is 1. The summed E-state index contributed by atoms with van der Waals surface area (Å²) >= 11 is 3.47. The summed E-state index contributed by atoms with van der Waals surface area (Å²) in [4.78, 5) is 0. The van der Waals surface area contributed by atoms with Gasteiger partial charge in [-0.15, -0.1) is 0 Å². The number of hydrogen-bond acceptors (Lipinski definition) is 3. The average molecular weight is 281 g/mol. The van der Waals surface area contributed by atoms with Crippen LogP contribution >= 0.6 is 15.9 Å². The van der Waals surface area contributed by atoms with Crippen molar-refractivity contribution in [1.29, 1.82) is 0 Å². The number of rotatable bonds is 3. The Labute approximate surface area is 103 Å². The highest BCUT2D eigenvalue weighted by atomic mass is 79.9. The first-order valence-electron chi connectivity index (χ1n) is 4.98. The van der Waals surface area contributed by atoms with Crippen molar-refractivity contribution in [1.82, 2.24) is 5.43 Å². The van der Waals surface area contributed by atoms with Crippen molar-refractivity contribution >= 4 is 15.9 Å². The van der Waals surface area contributed by atoms with Gasteiger partial charge >= 0.3 is 0 Å². The second kappa shape index (κ2) is 4.82. The van der Waals surface area contributed by atoms with E-state index >= 15 is 0 Å². The van der Waals surface area contributed by atoms with E-state index in [0.717, 1.165) is 15.8 Å². The molecule has 1 aromatic heterocycles. The van der Waals surface area contributed by atoms with Gasteiger partial charge in [0.05, 0.1) is 6.26 Å². The molecule has 16 heavy (non-hydrogen) atoms. The van der Waals surface area contributed by atoms with Crippen molar-refractivity contribution in [3.63, 3.8) is 0 Å². The van der Waals surface area contributed by atoms with E-state index < -0.39 is 0 Å². The van der Waals surface area contributed by atoms with Crippen LogP contribution in [0.4, 0.5) is 0 Å². The second-order valence-corrected chi connectivity index (χ2v) is 4.48. The minimum absolute atomic E-state index is 0.109. The highest BCUT2D eigenvalue weighted by Gasteiger charge is 2.15. The molecular weight excluding hydrogens is 268 g/mol. The molecule has 0 aliphatic rings. The van der Waals surface area contributed by atoms with E-state index in [1.807, 2.05) is 31.2 Å². The molecule has 0 radical (unpaired) electrons. The largest absolute Gasteiger partial charge is 0.467 e. The van der Waals surface area contributed by atoms with E-state index in [-0.39, 0.29) is 6.04 Å². The van der Waals surface area contributed by atoms with Crippen LogP contribution in [0.1, 0.15) is 22.9 Å². The minimum Gasteiger partial charge on any atom is -0.467 e. The Morgan fingerprint density at radius 2 is 2.19 bits per heavy atom. The molecular formula is C12H13BrN2O. The Hall–Kier alpha value is -1.10. The summed E-state index contributed by atoms with van der Waals surface area (Å²) in [7, 11) is 0. The standard InChI is InChI=1S/C12H13BrN2O/c1-8-7-9(4-5-10(8)13)12(15-14)11-3-2-6-16-11/h2-7,12,15H,14H2,1H3. The summed E-state index contributed by atoms with van der Waals surface area (Å²) in [6, 6.07) is 9.76. The lowest BCUT2D eigenvalue weighted by atomic mass is 10.0. The van der Waals surface area contributed by atoms with Crippen molar-refractivity contribution in [3.8, 4) is 0 Å². The van der Waals surface area contributed by atoms with E-state index in [0.29, 0.717) is 0 Å². The molecule has 1 atom stereocenters. The van der Waals surface area contributed by atoms with E-state index in [1.54, 1.807) is 6.26 Å². The van der Waals surface area contributed by atoms with E-state index in [9.17, 15) is 0 Å². The van der Waals surface area contributed by atoms with Gasteiger partial charge in [-0.05, 0) is 36.2 Å². The normalized spacial score (nSPS) is 12.7. The number of aryl methyl sites for hydroxylation is 1. The van der Waals surface area contributed by atoms with Crippen molar-refractivity contribution in [2.45, 2.75) is 13.0 Å². The molecule has 1 unspecified atom stereocenters. The number of hydrogen-bond donors (Lipinski definition) is 2. The zero-order chi connectivity index (χ0) is 11.5. The summed E-state index contributed by atoms with van der Waals surface area (Å²) in [6.07, 6.45) is 1.64. The lowest BCUT2D eigenvalue weighted by Gasteiger charge is -2.14. The smallest absolute Gasteiger partial charge is 0.126 e. The SMILES string of the molecule is Cc1cc(C(NN)c2ccco2)ccc1Br. The number of benzene rings is 1. The summed E-state index contributed by atoms with van der Waals surface area (Å²) in [5, 5.41) is 0. The molecule has 1 heterocycles. The van der Waals surface area contributed by atoms with Crippen LogP contribution in [0.2, 0.25) is 0 Å². The van der Waals surface area contributed by atoms with Crippen LogP contribution in [0.15, 0.2) is 45.5 Å². The molecule has 0 aliphatic heterocycles. The van der Waals surface area contributed by atoms with Gasteiger partial charge in [0.1, 0.15) is 11.8 Å². The first kappa shape index (κ1) is 11.4. The number of nitrogens with two attached hydrogens (primary N) is 1. The molecule has 0 spiro atoms. The molecule has 2 aromatic rings. The maximum atomic E-state index is 5.56. The molecule has 0 saturated heterocycles.